The molecule has 3 aliphatic rings. The number of fused-ring (bicyclic) bond motifs is 2. The number of carbonyl (C=O) groups is 1. The summed E-state index contributed by atoms with van der Waals surface area (Å²) < 4.78 is 0. The fourth-order valence-electron chi connectivity index (χ4n) is 3.40. The van der Waals surface area contributed by atoms with Crippen molar-refractivity contribution in [2.75, 3.05) is 13.1 Å². The van der Waals surface area contributed by atoms with E-state index in [0.29, 0.717) is 6.04 Å². The van der Waals surface area contributed by atoms with Gasteiger partial charge in [-0.25, -0.2) is 4.79 Å². The van der Waals surface area contributed by atoms with Crippen molar-refractivity contribution in [2.24, 2.45) is 11.8 Å². The van der Waals surface area contributed by atoms with Gasteiger partial charge in [0.15, 0.2) is 0 Å². The Bertz CT molecular complexity index is 241. The molecule has 3 heteroatoms. The van der Waals surface area contributed by atoms with E-state index in [4.69, 9.17) is 0 Å². The summed E-state index contributed by atoms with van der Waals surface area (Å²) in [5.74, 6) is 1.76. The molecule has 2 aliphatic carbocycles. The molecule has 0 radical (unpaired) electrons. The molecule has 2 bridgehead atoms. The van der Waals surface area contributed by atoms with Gasteiger partial charge in [0.1, 0.15) is 0 Å². The number of hydrogen-bond donors (Lipinski definition) is 1. The lowest BCUT2D eigenvalue weighted by atomic mass is 9.94. The van der Waals surface area contributed by atoms with E-state index >= 15 is 0 Å². The van der Waals surface area contributed by atoms with E-state index in [9.17, 15) is 4.79 Å². The van der Waals surface area contributed by atoms with Crippen LogP contribution in [0, 0.1) is 11.8 Å². The fourth-order valence-corrected chi connectivity index (χ4v) is 3.40. The largest absolute Gasteiger partial charge is 0.336 e. The second kappa shape index (κ2) is 2.63. The molecule has 0 aromatic carbocycles. The third-order valence-corrected chi connectivity index (χ3v) is 3.99. The Kier molecular flexibility index (Phi) is 1.55. The fraction of sp³-hybridized carbons (Fsp3) is 0.900. The SMILES string of the molecule is O=C1NCCN1C1CC2CCC1C2. The zero-order chi connectivity index (χ0) is 8.84. The van der Waals surface area contributed by atoms with Crippen LogP contribution in [-0.2, 0) is 0 Å². The van der Waals surface area contributed by atoms with E-state index in [1.54, 1.807) is 0 Å². The Hall–Kier alpha value is -0.730. The smallest absolute Gasteiger partial charge is 0.317 e. The first kappa shape index (κ1) is 7.65. The quantitative estimate of drug-likeness (QED) is 0.646. The summed E-state index contributed by atoms with van der Waals surface area (Å²) in [6, 6.07) is 0.763. The average Bonchev–Trinajstić information content (AvgIpc) is 2.77. The maximum atomic E-state index is 11.5. The van der Waals surface area contributed by atoms with Gasteiger partial charge < -0.3 is 10.2 Å². The highest BCUT2D eigenvalue weighted by Gasteiger charge is 2.44. The summed E-state index contributed by atoms with van der Waals surface area (Å²) in [6.45, 7) is 1.79. The van der Waals surface area contributed by atoms with Gasteiger partial charge in [-0.05, 0) is 31.1 Å². The van der Waals surface area contributed by atoms with E-state index < -0.39 is 0 Å². The number of nitrogens with zero attached hydrogens (tertiary/aromatic N) is 1. The van der Waals surface area contributed by atoms with Crippen molar-refractivity contribution >= 4 is 6.03 Å². The molecule has 1 saturated heterocycles. The van der Waals surface area contributed by atoms with Crippen LogP contribution in [0.4, 0.5) is 4.79 Å². The van der Waals surface area contributed by atoms with Crippen LogP contribution in [0.25, 0.3) is 0 Å². The number of rotatable bonds is 1. The molecule has 3 unspecified atom stereocenters. The van der Waals surface area contributed by atoms with Gasteiger partial charge in [0, 0.05) is 19.1 Å². The molecule has 3 nitrogen and oxygen atoms in total. The summed E-state index contributed by atoms with van der Waals surface area (Å²) in [4.78, 5) is 13.5. The minimum absolute atomic E-state index is 0.178. The van der Waals surface area contributed by atoms with Crippen LogP contribution < -0.4 is 5.32 Å². The number of urea groups is 1. The van der Waals surface area contributed by atoms with Crippen molar-refractivity contribution < 1.29 is 4.79 Å². The minimum Gasteiger partial charge on any atom is -0.336 e. The summed E-state index contributed by atoms with van der Waals surface area (Å²) in [7, 11) is 0. The molecule has 0 spiro atoms. The predicted molar refractivity (Wildman–Crippen MR) is 49.3 cm³/mol. The predicted octanol–water partition coefficient (Wildman–Crippen LogP) is 1.20. The molecule has 2 saturated carbocycles. The van der Waals surface area contributed by atoms with Gasteiger partial charge >= 0.3 is 6.03 Å². The van der Waals surface area contributed by atoms with Gasteiger partial charge in [-0.1, -0.05) is 6.42 Å². The highest BCUT2D eigenvalue weighted by Crippen LogP contribution is 2.46. The molecule has 1 aliphatic heterocycles. The van der Waals surface area contributed by atoms with E-state index in [-0.39, 0.29) is 6.03 Å². The van der Waals surface area contributed by atoms with Crippen LogP contribution in [0.2, 0.25) is 0 Å². The van der Waals surface area contributed by atoms with Crippen LogP contribution in [0.1, 0.15) is 25.7 Å². The van der Waals surface area contributed by atoms with Crippen molar-refractivity contribution in [3.63, 3.8) is 0 Å². The average molecular weight is 180 g/mol. The minimum atomic E-state index is 0.178. The van der Waals surface area contributed by atoms with E-state index in [0.717, 1.165) is 24.9 Å². The van der Waals surface area contributed by atoms with Gasteiger partial charge in [-0.15, -0.1) is 0 Å². The van der Waals surface area contributed by atoms with Crippen molar-refractivity contribution in [3.8, 4) is 0 Å². The molecular formula is C10H16N2O. The second-order valence-electron chi connectivity index (χ2n) is 4.67. The van der Waals surface area contributed by atoms with Crippen LogP contribution in [0.5, 0.6) is 0 Å². The maximum absolute atomic E-state index is 11.5. The summed E-state index contributed by atoms with van der Waals surface area (Å²) in [5, 5.41) is 2.89. The lowest BCUT2D eigenvalue weighted by Crippen LogP contribution is -2.41. The molecule has 1 heterocycles. The maximum Gasteiger partial charge on any atom is 0.317 e. The van der Waals surface area contributed by atoms with Gasteiger partial charge in [0.05, 0.1) is 0 Å². The van der Waals surface area contributed by atoms with Gasteiger partial charge in [0.2, 0.25) is 0 Å². The molecule has 3 fully saturated rings. The van der Waals surface area contributed by atoms with Gasteiger partial charge in [-0.2, -0.15) is 0 Å². The van der Waals surface area contributed by atoms with E-state index in [1.807, 2.05) is 0 Å². The molecule has 13 heavy (non-hydrogen) atoms. The van der Waals surface area contributed by atoms with Crippen molar-refractivity contribution in [2.45, 2.75) is 31.7 Å². The number of amides is 2. The highest BCUT2D eigenvalue weighted by molar-refractivity contribution is 5.76. The first-order chi connectivity index (χ1) is 6.34. The molecule has 3 atom stereocenters. The molecule has 0 aromatic heterocycles. The van der Waals surface area contributed by atoms with Crippen LogP contribution in [0.3, 0.4) is 0 Å². The van der Waals surface area contributed by atoms with Gasteiger partial charge in [0.25, 0.3) is 0 Å². The lowest BCUT2D eigenvalue weighted by molar-refractivity contribution is 0.171. The van der Waals surface area contributed by atoms with Crippen molar-refractivity contribution in [3.05, 3.63) is 0 Å². The second-order valence-corrected chi connectivity index (χ2v) is 4.67. The van der Waals surface area contributed by atoms with Crippen LogP contribution in [-0.4, -0.2) is 30.1 Å². The first-order valence-corrected chi connectivity index (χ1v) is 5.39. The van der Waals surface area contributed by atoms with Crippen LogP contribution >= 0.6 is 0 Å². The molecule has 3 rings (SSSR count). The summed E-state index contributed by atoms with van der Waals surface area (Å²) in [5.41, 5.74) is 0. The lowest BCUT2D eigenvalue weighted by Gasteiger charge is -2.30. The summed E-state index contributed by atoms with van der Waals surface area (Å²) >= 11 is 0. The third-order valence-electron chi connectivity index (χ3n) is 3.99. The van der Waals surface area contributed by atoms with E-state index in [2.05, 4.69) is 10.2 Å². The monoisotopic (exact) mass is 180 g/mol. The molecule has 0 aromatic rings. The molecule has 1 N–H and O–H groups in total. The Morgan fingerprint density at radius 1 is 1.31 bits per heavy atom. The van der Waals surface area contributed by atoms with E-state index in [1.165, 1.54) is 25.7 Å². The zero-order valence-corrected chi connectivity index (χ0v) is 7.83. The number of nitrogens with one attached hydrogen (secondary N) is 1. The Morgan fingerprint density at radius 2 is 2.23 bits per heavy atom. The normalized spacial score (nSPS) is 42.9. The number of carbonyl (C=O) groups excluding carboxylic acids is 1. The first-order valence-electron chi connectivity index (χ1n) is 5.39. The molecular weight excluding hydrogens is 164 g/mol. The molecule has 72 valence electrons. The Labute approximate surface area is 78.5 Å². The Morgan fingerprint density at radius 3 is 2.77 bits per heavy atom. The summed E-state index contributed by atoms with van der Waals surface area (Å²) in [6.07, 6.45) is 5.43. The topological polar surface area (TPSA) is 32.3 Å². The molecule has 2 amide bonds. The van der Waals surface area contributed by atoms with Crippen molar-refractivity contribution in [1.82, 2.24) is 10.2 Å². The third kappa shape index (κ3) is 1.06. The van der Waals surface area contributed by atoms with Gasteiger partial charge in [-0.3, -0.25) is 0 Å². The van der Waals surface area contributed by atoms with Crippen LogP contribution in [0.15, 0.2) is 0 Å². The van der Waals surface area contributed by atoms with Crippen molar-refractivity contribution in [1.29, 1.82) is 0 Å². The zero-order valence-electron chi connectivity index (χ0n) is 7.83. The number of hydrogen-bond acceptors (Lipinski definition) is 1. The Balaban J connectivity index is 1.75. The standard InChI is InChI=1S/C10H16N2O/c13-10-11-3-4-12(10)9-6-7-1-2-8(9)5-7/h7-9H,1-6H2,(H,11,13). The highest BCUT2D eigenvalue weighted by atomic mass is 16.2.